The molecule has 0 aliphatic carbocycles. The highest BCUT2D eigenvalue weighted by Gasteiger charge is 2.28. The van der Waals surface area contributed by atoms with E-state index in [4.69, 9.17) is 21.3 Å². The summed E-state index contributed by atoms with van der Waals surface area (Å²) in [5.74, 6) is 2.30. The van der Waals surface area contributed by atoms with Crippen LogP contribution >= 0.6 is 11.6 Å². The van der Waals surface area contributed by atoms with E-state index in [0.29, 0.717) is 31.7 Å². The highest BCUT2D eigenvalue weighted by molar-refractivity contribution is 6.32. The lowest BCUT2D eigenvalue weighted by atomic mass is 10.1. The van der Waals surface area contributed by atoms with Gasteiger partial charge in [0, 0.05) is 32.4 Å². The molecule has 2 aliphatic rings. The monoisotopic (exact) mass is 432 g/mol. The molecule has 156 valence electrons. The van der Waals surface area contributed by atoms with Crippen molar-refractivity contribution in [2.45, 2.75) is 6.92 Å². The second-order valence-electron chi connectivity index (χ2n) is 7.63. The number of amides is 1. The number of nitrogens with zero attached hydrogens (tertiary/aromatic N) is 4. The fraction of sp³-hybridized carbons (Fsp3) is 0.208. The molecule has 3 aromatic rings. The number of halogens is 1. The SMILES string of the molecule is Cc1ccc2c(c1)C(N1CCN(C(=O)c3cccnc3Cl)CC1)=Nc1ccccc1O2. The van der Waals surface area contributed by atoms with Gasteiger partial charge in [-0.3, -0.25) is 4.79 Å². The first kappa shape index (κ1) is 19.6. The predicted octanol–water partition coefficient (Wildman–Crippen LogP) is 4.69. The van der Waals surface area contributed by atoms with E-state index in [2.05, 4.69) is 22.9 Å². The van der Waals surface area contributed by atoms with E-state index in [1.807, 2.05) is 41.3 Å². The molecule has 6 nitrogen and oxygen atoms in total. The number of aliphatic imine (C=N–C) groups is 1. The smallest absolute Gasteiger partial charge is 0.257 e. The average Bonchev–Trinajstić information content (AvgIpc) is 2.96. The van der Waals surface area contributed by atoms with Crippen LogP contribution in [0.3, 0.4) is 0 Å². The first-order valence-corrected chi connectivity index (χ1v) is 10.6. The Labute approximate surface area is 185 Å². The van der Waals surface area contributed by atoms with Crippen LogP contribution in [-0.2, 0) is 0 Å². The molecule has 1 amide bonds. The molecule has 2 aliphatic heterocycles. The van der Waals surface area contributed by atoms with Crippen molar-refractivity contribution >= 4 is 29.0 Å². The zero-order valence-corrected chi connectivity index (χ0v) is 17.8. The van der Waals surface area contributed by atoms with Crippen molar-refractivity contribution in [3.63, 3.8) is 0 Å². The van der Waals surface area contributed by atoms with Crippen LogP contribution in [0.1, 0.15) is 21.5 Å². The maximum Gasteiger partial charge on any atom is 0.257 e. The topological polar surface area (TPSA) is 58.0 Å². The van der Waals surface area contributed by atoms with E-state index in [0.717, 1.165) is 34.1 Å². The molecule has 0 spiro atoms. The summed E-state index contributed by atoms with van der Waals surface area (Å²) in [5, 5.41) is 0.237. The third-order valence-electron chi connectivity index (χ3n) is 5.54. The van der Waals surface area contributed by atoms with Crippen LogP contribution < -0.4 is 4.74 Å². The molecule has 7 heteroatoms. The molecule has 0 N–H and O–H groups in total. The number of para-hydroxylation sites is 2. The van der Waals surface area contributed by atoms with Crippen LogP contribution in [0.4, 0.5) is 5.69 Å². The van der Waals surface area contributed by atoms with Crippen molar-refractivity contribution in [1.29, 1.82) is 0 Å². The van der Waals surface area contributed by atoms with Gasteiger partial charge in [-0.2, -0.15) is 0 Å². The van der Waals surface area contributed by atoms with Gasteiger partial charge < -0.3 is 14.5 Å². The van der Waals surface area contributed by atoms with E-state index >= 15 is 0 Å². The van der Waals surface area contributed by atoms with Crippen LogP contribution in [0.25, 0.3) is 0 Å². The molecular weight excluding hydrogens is 412 g/mol. The van der Waals surface area contributed by atoms with Gasteiger partial charge in [0.2, 0.25) is 0 Å². The number of hydrogen-bond acceptors (Lipinski definition) is 5. The molecule has 31 heavy (non-hydrogen) atoms. The number of fused-ring (bicyclic) bond motifs is 2. The Kier molecular flexibility index (Phi) is 5.08. The minimum Gasteiger partial charge on any atom is -0.454 e. The third kappa shape index (κ3) is 3.75. The number of carbonyl (C=O) groups excluding carboxylic acids is 1. The Morgan fingerprint density at radius 2 is 1.81 bits per heavy atom. The quantitative estimate of drug-likeness (QED) is 0.523. The number of piperazine rings is 1. The zero-order valence-electron chi connectivity index (χ0n) is 17.1. The molecule has 0 radical (unpaired) electrons. The normalized spacial score (nSPS) is 15.4. The third-order valence-corrected chi connectivity index (χ3v) is 5.84. The number of aryl methyl sites for hydroxylation is 1. The minimum atomic E-state index is -0.0921. The van der Waals surface area contributed by atoms with Crippen molar-refractivity contribution in [1.82, 2.24) is 14.8 Å². The summed E-state index contributed by atoms with van der Waals surface area (Å²) >= 11 is 6.12. The Bertz CT molecular complexity index is 1190. The van der Waals surface area contributed by atoms with Gasteiger partial charge in [0.1, 0.15) is 22.4 Å². The van der Waals surface area contributed by atoms with Gasteiger partial charge in [-0.05, 0) is 43.3 Å². The largest absolute Gasteiger partial charge is 0.454 e. The number of pyridine rings is 1. The molecule has 5 rings (SSSR count). The average molecular weight is 433 g/mol. The second-order valence-corrected chi connectivity index (χ2v) is 7.98. The molecule has 0 unspecified atom stereocenters. The van der Waals surface area contributed by atoms with Crippen LogP contribution in [0.2, 0.25) is 5.15 Å². The molecular formula is C24H21ClN4O2. The van der Waals surface area contributed by atoms with E-state index < -0.39 is 0 Å². The number of aromatic nitrogens is 1. The van der Waals surface area contributed by atoms with E-state index in [9.17, 15) is 4.79 Å². The first-order chi connectivity index (χ1) is 15.1. The molecule has 1 saturated heterocycles. The van der Waals surface area contributed by atoms with Crippen LogP contribution in [-0.4, -0.2) is 52.7 Å². The van der Waals surface area contributed by atoms with E-state index in [1.54, 1.807) is 18.3 Å². The zero-order chi connectivity index (χ0) is 21.4. The predicted molar refractivity (Wildman–Crippen MR) is 121 cm³/mol. The summed E-state index contributed by atoms with van der Waals surface area (Å²) < 4.78 is 6.18. The number of carbonyl (C=O) groups is 1. The summed E-state index contributed by atoms with van der Waals surface area (Å²) in [5.41, 5.74) is 3.34. The van der Waals surface area contributed by atoms with Crippen molar-refractivity contribution in [2.75, 3.05) is 26.2 Å². The first-order valence-electron chi connectivity index (χ1n) is 10.2. The summed E-state index contributed by atoms with van der Waals surface area (Å²) in [7, 11) is 0. The van der Waals surface area contributed by atoms with Gasteiger partial charge >= 0.3 is 0 Å². The number of benzene rings is 2. The van der Waals surface area contributed by atoms with Crippen LogP contribution in [0, 0.1) is 6.92 Å². The minimum absolute atomic E-state index is 0.0921. The van der Waals surface area contributed by atoms with Gasteiger partial charge in [-0.1, -0.05) is 35.4 Å². The number of amidine groups is 1. The summed E-state index contributed by atoms with van der Waals surface area (Å²) in [6, 6.07) is 17.4. The Hall–Kier alpha value is -3.38. The maximum absolute atomic E-state index is 12.9. The Morgan fingerprint density at radius 3 is 2.61 bits per heavy atom. The Morgan fingerprint density at radius 1 is 1.00 bits per heavy atom. The van der Waals surface area contributed by atoms with Gasteiger partial charge in [0.05, 0.1) is 11.1 Å². The van der Waals surface area contributed by atoms with Crippen LogP contribution in [0.5, 0.6) is 11.5 Å². The highest BCUT2D eigenvalue weighted by Crippen LogP contribution is 2.38. The van der Waals surface area contributed by atoms with Crippen molar-refractivity contribution in [2.24, 2.45) is 4.99 Å². The summed E-state index contributed by atoms with van der Waals surface area (Å²) in [6.07, 6.45) is 1.58. The van der Waals surface area contributed by atoms with Crippen molar-refractivity contribution < 1.29 is 9.53 Å². The Balaban J connectivity index is 1.43. The van der Waals surface area contributed by atoms with Crippen molar-refractivity contribution in [3.05, 3.63) is 82.6 Å². The van der Waals surface area contributed by atoms with Gasteiger partial charge in [-0.25, -0.2) is 9.98 Å². The summed E-state index contributed by atoms with van der Waals surface area (Å²) in [6.45, 7) is 4.54. The van der Waals surface area contributed by atoms with E-state index in [-0.39, 0.29) is 11.1 Å². The van der Waals surface area contributed by atoms with Crippen LogP contribution in [0.15, 0.2) is 65.8 Å². The number of hydrogen-bond donors (Lipinski definition) is 0. The molecule has 0 atom stereocenters. The molecule has 3 heterocycles. The maximum atomic E-state index is 12.9. The lowest BCUT2D eigenvalue weighted by molar-refractivity contribution is 0.0692. The lowest BCUT2D eigenvalue weighted by Gasteiger charge is -2.36. The molecule has 0 saturated carbocycles. The van der Waals surface area contributed by atoms with Gasteiger partial charge in [-0.15, -0.1) is 0 Å². The fourth-order valence-electron chi connectivity index (χ4n) is 3.91. The lowest BCUT2D eigenvalue weighted by Crippen LogP contribution is -2.50. The molecule has 1 fully saturated rings. The molecule has 0 bridgehead atoms. The number of ether oxygens (including phenoxy) is 1. The molecule has 2 aromatic carbocycles. The number of rotatable bonds is 1. The van der Waals surface area contributed by atoms with Gasteiger partial charge in [0.25, 0.3) is 5.91 Å². The molecule has 1 aromatic heterocycles. The standard InChI is InChI=1S/C24H21ClN4O2/c1-16-8-9-20-18(15-16)23(27-19-6-2-3-7-21(19)31-20)28-11-13-29(14-12-28)24(30)17-5-4-10-26-22(17)25/h2-10,15H,11-14H2,1H3. The van der Waals surface area contributed by atoms with Gasteiger partial charge in [0.15, 0.2) is 5.75 Å². The fourth-order valence-corrected chi connectivity index (χ4v) is 4.11. The summed E-state index contributed by atoms with van der Waals surface area (Å²) in [4.78, 5) is 25.9. The van der Waals surface area contributed by atoms with E-state index in [1.165, 1.54) is 0 Å². The highest BCUT2D eigenvalue weighted by atomic mass is 35.5. The van der Waals surface area contributed by atoms with Crippen molar-refractivity contribution in [3.8, 4) is 11.5 Å². The second kappa shape index (κ2) is 8.04.